The van der Waals surface area contributed by atoms with Crippen molar-refractivity contribution in [2.24, 2.45) is 0 Å². The monoisotopic (exact) mass is 244 g/mol. The van der Waals surface area contributed by atoms with Crippen molar-refractivity contribution in [3.05, 3.63) is 47.5 Å². The largest absolute Gasteiger partial charge is 0.508 e. The summed E-state index contributed by atoms with van der Waals surface area (Å²) >= 11 is 0. The number of allylic oxidation sites excluding steroid dienone is 1. The highest BCUT2D eigenvalue weighted by Gasteiger charge is 2.08. The van der Waals surface area contributed by atoms with Crippen LogP contribution in [-0.4, -0.2) is 12.8 Å². The maximum atomic E-state index is 11.1. The van der Waals surface area contributed by atoms with Crippen molar-refractivity contribution >= 4 is 6.16 Å². The summed E-state index contributed by atoms with van der Waals surface area (Å²) in [6.07, 6.45) is 7.28. The predicted molar refractivity (Wildman–Crippen MR) is 70.1 cm³/mol. The van der Waals surface area contributed by atoms with Crippen LogP contribution in [0.15, 0.2) is 30.9 Å². The first kappa shape index (κ1) is 13.9. The Hall–Kier alpha value is -2.21. The molecule has 0 saturated heterocycles. The Bertz CT molecular complexity index is 469. The Morgan fingerprint density at radius 2 is 2.17 bits per heavy atom. The SMILES string of the molecule is C#Cc1c(CC=C)cccc1COC(=O)OCC. The van der Waals surface area contributed by atoms with Crippen LogP contribution >= 0.6 is 0 Å². The summed E-state index contributed by atoms with van der Waals surface area (Å²) in [5.41, 5.74) is 2.55. The third-order valence-corrected chi connectivity index (χ3v) is 2.35. The number of terminal acetylenes is 1. The van der Waals surface area contributed by atoms with Crippen molar-refractivity contribution < 1.29 is 14.3 Å². The van der Waals surface area contributed by atoms with Gasteiger partial charge in [-0.25, -0.2) is 4.79 Å². The molecule has 1 rings (SSSR count). The molecule has 0 atom stereocenters. The molecule has 0 aromatic heterocycles. The van der Waals surface area contributed by atoms with Gasteiger partial charge in [0.2, 0.25) is 0 Å². The van der Waals surface area contributed by atoms with Gasteiger partial charge < -0.3 is 9.47 Å². The lowest BCUT2D eigenvalue weighted by Gasteiger charge is -2.09. The van der Waals surface area contributed by atoms with E-state index in [1.54, 1.807) is 13.0 Å². The Kier molecular flexibility index (Phi) is 5.53. The lowest BCUT2D eigenvalue weighted by Crippen LogP contribution is -2.08. The molecule has 0 fully saturated rings. The molecule has 0 bridgehead atoms. The first-order valence-corrected chi connectivity index (χ1v) is 5.70. The topological polar surface area (TPSA) is 35.5 Å². The van der Waals surface area contributed by atoms with Crippen LogP contribution in [0.2, 0.25) is 0 Å². The van der Waals surface area contributed by atoms with Gasteiger partial charge in [0, 0.05) is 11.1 Å². The van der Waals surface area contributed by atoms with Crippen LogP contribution in [0.1, 0.15) is 23.6 Å². The molecule has 3 heteroatoms. The molecule has 0 radical (unpaired) electrons. The Labute approximate surface area is 107 Å². The van der Waals surface area contributed by atoms with Gasteiger partial charge in [-0.05, 0) is 18.9 Å². The molecular formula is C15H16O3. The Balaban J connectivity index is 2.82. The summed E-state index contributed by atoms with van der Waals surface area (Å²) in [6, 6.07) is 5.65. The molecule has 94 valence electrons. The molecule has 0 aliphatic rings. The molecule has 0 saturated carbocycles. The van der Waals surface area contributed by atoms with Crippen LogP contribution in [0, 0.1) is 12.3 Å². The highest BCUT2D eigenvalue weighted by molar-refractivity contribution is 5.60. The average molecular weight is 244 g/mol. The molecule has 1 aromatic rings. The fourth-order valence-electron chi connectivity index (χ4n) is 1.58. The van der Waals surface area contributed by atoms with Crippen LogP contribution in [0.5, 0.6) is 0 Å². The van der Waals surface area contributed by atoms with Crippen LogP contribution in [-0.2, 0) is 22.5 Å². The van der Waals surface area contributed by atoms with Crippen LogP contribution in [0.25, 0.3) is 0 Å². The van der Waals surface area contributed by atoms with Crippen molar-refractivity contribution in [1.82, 2.24) is 0 Å². The van der Waals surface area contributed by atoms with E-state index in [4.69, 9.17) is 11.2 Å². The maximum absolute atomic E-state index is 11.1. The maximum Gasteiger partial charge on any atom is 0.508 e. The summed E-state index contributed by atoms with van der Waals surface area (Å²) in [5, 5.41) is 0. The average Bonchev–Trinajstić information content (AvgIpc) is 2.37. The highest BCUT2D eigenvalue weighted by atomic mass is 16.7. The first-order chi connectivity index (χ1) is 8.72. The number of carbonyl (C=O) groups excluding carboxylic acids is 1. The van der Waals surface area contributed by atoms with Gasteiger partial charge >= 0.3 is 6.16 Å². The number of rotatable bonds is 5. The van der Waals surface area contributed by atoms with E-state index in [1.807, 2.05) is 18.2 Å². The molecular weight excluding hydrogens is 228 g/mol. The predicted octanol–water partition coefficient (Wildman–Crippen LogP) is 3.07. The minimum atomic E-state index is -0.686. The molecule has 3 nitrogen and oxygen atoms in total. The number of hydrogen-bond donors (Lipinski definition) is 0. The molecule has 18 heavy (non-hydrogen) atoms. The van der Waals surface area contributed by atoms with E-state index >= 15 is 0 Å². The number of carbonyl (C=O) groups is 1. The van der Waals surface area contributed by atoms with Gasteiger partial charge in [-0.3, -0.25) is 0 Å². The van der Waals surface area contributed by atoms with Gasteiger partial charge in [0.1, 0.15) is 6.61 Å². The number of hydrogen-bond acceptors (Lipinski definition) is 3. The van der Waals surface area contributed by atoms with Crippen molar-refractivity contribution in [1.29, 1.82) is 0 Å². The zero-order valence-corrected chi connectivity index (χ0v) is 10.4. The van der Waals surface area contributed by atoms with Crippen molar-refractivity contribution in [2.45, 2.75) is 20.0 Å². The fourth-order valence-corrected chi connectivity index (χ4v) is 1.58. The molecule has 0 unspecified atom stereocenters. The van der Waals surface area contributed by atoms with E-state index < -0.39 is 6.16 Å². The second-order valence-corrected chi connectivity index (χ2v) is 3.56. The van der Waals surface area contributed by atoms with E-state index in [9.17, 15) is 4.79 Å². The van der Waals surface area contributed by atoms with E-state index in [0.717, 1.165) is 16.7 Å². The van der Waals surface area contributed by atoms with E-state index in [2.05, 4.69) is 17.2 Å². The summed E-state index contributed by atoms with van der Waals surface area (Å²) in [7, 11) is 0. The quantitative estimate of drug-likeness (QED) is 0.453. The van der Waals surface area contributed by atoms with Crippen LogP contribution in [0.4, 0.5) is 4.79 Å². The smallest absolute Gasteiger partial charge is 0.435 e. The molecule has 1 aromatic carbocycles. The third-order valence-electron chi connectivity index (χ3n) is 2.35. The van der Waals surface area contributed by atoms with Crippen LogP contribution < -0.4 is 0 Å². The molecule has 0 heterocycles. The fraction of sp³-hybridized carbons (Fsp3) is 0.267. The van der Waals surface area contributed by atoms with Gasteiger partial charge in [-0.1, -0.05) is 30.2 Å². The summed E-state index contributed by atoms with van der Waals surface area (Å²) in [4.78, 5) is 11.1. The van der Waals surface area contributed by atoms with Gasteiger partial charge in [0.05, 0.1) is 6.61 Å². The zero-order valence-electron chi connectivity index (χ0n) is 10.4. The Morgan fingerprint density at radius 3 is 2.78 bits per heavy atom. The summed E-state index contributed by atoms with van der Waals surface area (Å²) in [5.74, 6) is 2.62. The standard InChI is InChI=1S/C15H16O3/c1-4-8-12-9-7-10-13(14(12)5-2)11-18-15(16)17-6-3/h2,4,7,9-10H,1,6,8,11H2,3H3. The first-order valence-electron chi connectivity index (χ1n) is 5.70. The normalized spacial score (nSPS) is 9.33. The molecule has 0 amide bonds. The Morgan fingerprint density at radius 1 is 1.44 bits per heavy atom. The lowest BCUT2D eigenvalue weighted by atomic mass is 10.00. The van der Waals surface area contributed by atoms with Crippen molar-refractivity contribution in [3.8, 4) is 12.3 Å². The van der Waals surface area contributed by atoms with E-state index in [0.29, 0.717) is 6.42 Å². The third kappa shape index (κ3) is 3.67. The molecule has 0 N–H and O–H groups in total. The number of ether oxygens (including phenoxy) is 2. The second kappa shape index (κ2) is 7.18. The summed E-state index contributed by atoms with van der Waals surface area (Å²) < 4.78 is 9.65. The van der Waals surface area contributed by atoms with Gasteiger partial charge in [0.15, 0.2) is 0 Å². The van der Waals surface area contributed by atoms with Crippen molar-refractivity contribution in [3.63, 3.8) is 0 Å². The summed E-state index contributed by atoms with van der Waals surface area (Å²) in [6.45, 7) is 5.81. The van der Waals surface area contributed by atoms with Crippen LogP contribution in [0.3, 0.4) is 0 Å². The minimum absolute atomic E-state index is 0.114. The molecule has 0 aliphatic heterocycles. The second-order valence-electron chi connectivity index (χ2n) is 3.56. The lowest BCUT2D eigenvalue weighted by molar-refractivity contribution is 0.0535. The van der Waals surface area contributed by atoms with E-state index in [-0.39, 0.29) is 13.2 Å². The van der Waals surface area contributed by atoms with Crippen molar-refractivity contribution in [2.75, 3.05) is 6.61 Å². The van der Waals surface area contributed by atoms with Gasteiger partial charge in [-0.15, -0.1) is 13.0 Å². The molecule has 0 spiro atoms. The van der Waals surface area contributed by atoms with Gasteiger partial charge in [0.25, 0.3) is 0 Å². The van der Waals surface area contributed by atoms with E-state index in [1.165, 1.54) is 0 Å². The van der Waals surface area contributed by atoms with Gasteiger partial charge in [-0.2, -0.15) is 0 Å². The highest BCUT2D eigenvalue weighted by Crippen LogP contribution is 2.16. The molecule has 0 aliphatic carbocycles. The minimum Gasteiger partial charge on any atom is -0.435 e. The number of benzene rings is 1. The zero-order chi connectivity index (χ0) is 13.4.